The van der Waals surface area contributed by atoms with E-state index in [1.165, 1.54) is 49.8 Å². The van der Waals surface area contributed by atoms with Crippen molar-refractivity contribution in [2.75, 3.05) is 6.61 Å². The van der Waals surface area contributed by atoms with E-state index in [2.05, 4.69) is 17.3 Å². The summed E-state index contributed by atoms with van der Waals surface area (Å²) in [5, 5.41) is 17.5. The molecule has 0 radical (unpaired) electrons. The van der Waals surface area contributed by atoms with E-state index in [1.807, 2.05) is 10.9 Å². The van der Waals surface area contributed by atoms with Gasteiger partial charge in [-0.25, -0.2) is 0 Å². The molecular formula is C16H27N3O. The lowest BCUT2D eigenvalue weighted by Crippen LogP contribution is -2.37. The Kier molecular flexibility index (Phi) is 4.41. The first-order chi connectivity index (χ1) is 9.78. The molecule has 2 N–H and O–H groups in total. The Balaban J connectivity index is 1.70. The lowest BCUT2D eigenvalue weighted by atomic mass is 9.85. The van der Waals surface area contributed by atoms with Gasteiger partial charge in [0.25, 0.3) is 0 Å². The molecule has 1 fully saturated rings. The largest absolute Gasteiger partial charge is 0.394 e. The number of hydrogen-bond donors (Lipinski definition) is 2. The molecule has 1 aromatic rings. The van der Waals surface area contributed by atoms with E-state index in [9.17, 15) is 0 Å². The molecule has 0 amide bonds. The van der Waals surface area contributed by atoms with Crippen molar-refractivity contribution >= 4 is 0 Å². The van der Waals surface area contributed by atoms with E-state index in [1.54, 1.807) is 0 Å². The van der Waals surface area contributed by atoms with Gasteiger partial charge < -0.3 is 10.4 Å². The first-order valence-electron chi connectivity index (χ1n) is 8.19. The molecule has 4 heteroatoms. The Morgan fingerprint density at radius 1 is 1.35 bits per heavy atom. The second kappa shape index (κ2) is 6.27. The van der Waals surface area contributed by atoms with E-state index in [0.717, 1.165) is 12.3 Å². The van der Waals surface area contributed by atoms with Crippen molar-refractivity contribution < 1.29 is 5.11 Å². The van der Waals surface area contributed by atoms with E-state index in [0.29, 0.717) is 18.6 Å². The van der Waals surface area contributed by atoms with Gasteiger partial charge in [-0.05, 0) is 38.0 Å². The lowest BCUT2D eigenvalue weighted by Gasteiger charge is -2.33. The van der Waals surface area contributed by atoms with Gasteiger partial charge in [0, 0.05) is 23.3 Å². The minimum absolute atomic E-state index is 0.173. The number of aliphatic hydroxyl groups is 1. The molecule has 1 heterocycles. The summed E-state index contributed by atoms with van der Waals surface area (Å²) in [5.41, 5.74) is 2.72. The monoisotopic (exact) mass is 277 g/mol. The molecule has 1 aromatic heterocycles. The van der Waals surface area contributed by atoms with Crippen LogP contribution in [0.2, 0.25) is 0 Å². The molecule has 0 aliphatic heterocycles. The topological polar surface area (TPSA) is 50.1 Å². The molecule has 3 unspecified atom stereocenters. The number of fused-ring (bicyclic) bond motifs is 1. The average Bonchev–Trinajstić information content (AvgIpc) is 2.84. The summed E-state index contributed by atoms with van der Waals surface area (Å²) < 4.78 is 1.99. The molecule has 0 bridgehead atoms. The predicted octanol–water partition coefficient (Wildman–Crippen LogP) is 2.42. The van der Waals surface area contributed by atoms with Crippen LogP contribution >= 0.6 is 0 Å². The summed E-state index contributed by atoms with van der Waals surface area (Å²) >= 11 is 0. The molecule has 3 rings (SSSR count). The Labute approximate surface area is 121 Å². The predicted molar refractivity (Wildman–Crippen MR) is 79.5 cm³/mol. The zero-order chi connectivity index (χ0) is 13.9. The van der Waals surface area contributed by atoms with Crippen molar-refractivity contribution in [2.24, 2.45) is 5.92 Å². The number of nitrogens with one attached hydrogen (secondary N) is 1. The Morgan fingerprint density at radius 2 is 2.25 bits per heavy atom. The molecule has 0 saturated heterocycles. The summed E-state index contributed by atoms with van der Waals surface area (Å²) in [6.45, 7) is 3.17. The summed E-state index contributed by atoms with van der Waals surface area (Å²) in [4.78, 5) is 0. The SMILES string of the molecule is CC1CCCC(NC2CCCc3c2cnn3CCO)C1. The van der Waals surface area contributed by atoms with Crippen LogP contribution in [0.25, 0.3) is 0 Å². The fraction of sp³-hybridized carbons (Fsp3) is 0.812. The van der Waals surface area contributed by atoms with Crippen LogP contribution in [0.3, 0.4) is 0 Å². The molecular weight excluding hydrogens is 250 g/mol. The van der Waals surface area contributed by atoms with Crippen molar-refractivity contribution in [3.8, 4) is 0 Å². The van der Waals surface area contributed by atoms with Crippen molar-refractivity contribution in [3.05, 3.63) is 17.5 Å². The van der Waals surface area contributed by atoms with Gasteiger partial charge in [-0.3, -0.25) is 4.68 Å². The van der Waals surface area contributed by atoms with Crippen LogP contribution in [0.15, 0.2) is 6.20 Å². The molecule has 20 heavy (non-hydrogen) atoms. The van der Waals surface area contributed by atoms with Crippen LogP contribution in [-0.4, -0.2) is 27.5 Å². The minimum atomic E-state index is 0.173. The van der Waals surface area contributed by atoms with Gasteiger partial charge in [0.2, 0.25) is 0 Å². The molecule has 0 aromatic carbocycles. The zero-order valence-electron chi connectivity index (χ0n) is 12.5. The molecule has 1 saturated carbocycles. The molecule has 0 spiro atoms. The first kappa shape index (κ1) is 14.1. The van der Waals surface area contributed by atoms with E-state index >= 15 is 0 Å². The zero-order valence-corrected chi connectivity index (χ0v) is 12.5. The number of aliphatic hydroxyl groups excluding tert-OH is 1. The third-order valence-electron chi connectivity index (χ3n) is 4.95. The number of aromatic nitrogens is 2. The van der Waals surface area contributed by atoms with Gasteiger partial charge in [-0.15, -0.1) is 0 Å². The summed E-state index contributed by atoms with van der Waals surface area (Å²) in [5.74, 6) is 0.862. The summed E-state index contributed by atoms with van der Waals surface area (Å²) in [6, 6.07) is 1.15. The Morgan fingerprint density at radius 3 is 3.05 bits per heavy atom. The van der Waals surface area contributed by atoms with Crippen LogP contribution < -0.4 is 5.32 Å². The van der Waals surface area contributed by atoms with Gasteiger partial charge in [-0.2, -0.15) is 5.10 Å². The van der Waals surface area contributed by atoms with Gasteiger partial charge in [0.05, 0.1) is 19.3 Å². The number of hydrogen-bond acceptors (Lipinski definition) is 3. The smallest absolute Gasteiger partial charge is 0.0644 e. The Hall–Kier alpha value is -0.870. The molecule has 2 aliphatic carbocycles. The van der Waals surface area contributed by atoms with Crippen LogP contribution in [-0.2, 0) is 13.0 Å². The van der Waals surface area contributed by atoms with E-state index < -0.39 is 0 Å². The standard InChI is InChI=1S/C16H27N3O/c1-12-4-2-5-13(10-12)18-15-6-3-7-16-14(15)11-17-19(16)8-9-20/h11-13,15,18,20H,2-10H2,1H3. The van der Waals surface area contributed by atoms with Crippen molar-refractivity contribution in [1.29, 1.82) is 0 Å². The highest BCUT2D eigenvalue weighted by Gasteiger charge is 2.27. The number of nitrogens with zero attached hydrogens (tertiary/aromatic N) is 2. The van der Waals surface area contributed by atoms with Gasteiger partial charge in [0.15, 0.2) is 0 Å². The maximum Gasteiger partial charge on any atom is 0.0644 e. The highest BCUT2D eigenvalue weighted by atomic mass is 16.3. The third kappa shape index (κ3) is 2.91. The summed E-state index contributed by atoms with van der Waals surface area (Å²) in [7, 11) is 0. The second-order valence-electron chi connectivity index (χ2n) is 6.57. The van der Waals surface area contributed by atoms with E-state index in [4.69, 9.17) is 5.11 Å². The fourth-order valence-corrected chi connectivity index (χ4v) is 3.95. The molecule has 4 nitrogen and oxygen atoms in total. The van der Waals surface area contributed by atoms with Gasteiger partial charge in [-0.1, -0.05) is 19.8 Å². The van der Waals surface area contributed by atoms with Gasteiger partial charge in [0.1, 0.15) is 0 Å². The Bertz CT molecular complexity index is 443. The average molecular weight is 277 g/mol. The minimum Gasteiger partial charge on any atom is -0.394 e. The third-order valence-corrected chi connectivity index (χ3v) is 4.95. The molecule has 3 atom stereocenters. The normalized spacial score (nSPS) is 30.2. The van der Waals surface area contributed by atoms with Crippen LogP contribution in [0.4, 0.5) is 0 Å². The van der Waals surface area contributed by atoms with Crippen LogP contribution in [0.5, 0.6) is 0 Å². The van der Waals surface area contributed by atoms with Crippen LogP contribution in [0, 0.1) is 5.92 Å². The number of rotatable bonds is 4. The maximum absolute atomic E-state index is 9.12. The second-order valence-corrected chi connectivity index (χ2v) is 6.57. The summed E-state index contributed by atoms with van der Waals surface area (Å²) in [6.07, 6.45) is 11.0. The highest BCUT2D eigenvalue weighted by Crippen LogP contribution is 2.32. The van der Waals surface area contributed by atoms with Crippen molar-refractivity contribution in [1.82, 2.24) is 15.1 Å². The lowest BCUT2D eigenvalue weighted by molar-refractivity contribution is 0.261. The van der Waals surface area contributed by atoms with Gasteiger partial charge >= 0.3 is 0 Å². The quantitative estimate of drug-likeness (QED) is 0.888. The van der Waals surface area contributed by atoms with E-state index in [-0.39, 0.29) is 6.61 Å². The highest BCUT2D eigenvalue weighted by molar-refractivity contribution is 5.25. The van der Waals surface area contributed by atoms with Crippen LogP contribution in [0.1, 0.15) is 62.7 Å². The maximum atomic E-state index is 9.12. The molecule has 112 valence electrons. The van der Waals surface area contributed by atoms with Crippen molar-refractivity contribution in [2.45, 2.75) is 70.5 Å². The molecule has 2 aliphatic rings. The fourth-order valence-electron chi connectivity index (χ4n) is 3.95. The van der Waals surface area contributed by atoms with Crippen molar-refractivity contribution in [3.63, 3.8) is 0 Å². The first-order valence-corrected chi connectivity index (χ1v) is 8.19.